The predicted octanol–water partition coefficient (Wildman–Crippen LogP) is 2.01. The third-order valence-corrected chi connectivity index (χ3v) is 5.06. The Morgan fingerprint density at radius 1 is 1.28 bits per heavy atom. The van der Waals surface area contributed by atoms with Crippen molar-refractivity contribution in [2.45, 2.75) is 38.1 Å². The lowest BCUT2D eigenvalue weighted by Crippen LogP contribution is -2.25. The molecule has 0 unspecified atom stereocenters. The van der Waals surface area contributed by atoms with E-state index in [0.29, 0.717) is 12.8 Å². The van der Waals surface area contributed by atoms with Crippen LogP contribution in [-0.4, -0.2) is 28.6 Å². The molecule has 6 N–H and O–H groups in total. The molecule has 11 nitrogen and oxygen atoms in total. The first-order valence-electron chi connectivity index (χ1n) is 8.54. The quantitative estimate of drug-likeness (QED) is 0.297. The summed E-state index contributed by atoms with van der Waals surface area (Å²) in [7, 11) is -4.63. The van der Waals surface area contributed by atoms with Crippen molar-refractivity contribution in [3.05, 3.63) is 39.7 Å². The summed E-state index contributed by atoms with van der Waals surface area (Å²) in [6, 6.07) is 3.43. The Morgan fingerprint density at radius 3 is 2.48 bits per heavy atom. The number of amides is 1. The van der Waals surface area contributed by atoms with Gasteiger partial charge in [0.05, 0.1) is 0 Å². The van der Waals surface area contributed by atoms with Crippen LogP contribution in [0.2, 0.25) is 0 Å². The fourth-order valence-corrected chi connectivity index (χ4v) is 3.28. The lowest BCUT2D eigenvalue weighted by Gasteiger charge is -2.14. The number of benzene rings is 1. The maximum atomic E-state index is 12.8. The molecule has 2 aromatic rings. The molecule has 2 rings (SSSR count). The molecule has 0 aliphatic heterocycles. The Balaban J connectivity index is 2.74. The van der Waals surface area contributed by atoms with Crippen LogP contribution < -0.4 is 17.0 Å². The number of nitrogens with zero attached hydrogens (tertiary/aromatic N) is 3. The summed E-state index contributed by atoms with van der Waals surface area (Å²) < 4.78 is 33.3. The van der Waals surface area contributed by atoms with Crippen LogP contribution in [0.5, 0.6) is 5.88 Å². The zero-order valence-electron chi connectivity index (χ0n) is 15.8. The first-order chi connectivity index (χ1) is 13.5. The van der Waals surface area contributed by atoms with Crippen LogP contribution in [0.4, 0.5) is 17.1 Å². The number of anilines is 1. The number of carbonyl (C=O) groups is 1. The first-order valence-corrected chi connectivity index (χ1v) is 9.98. The van der Waals surface area contributed by atoms with E-state index in [-0.39, 0.29) is 34.7 Å². The molecule has 0 fully saturated rings. The number of nitrogen functional groups attached to an aromatic ring is 1. The van der Waals surface area contributed by atoms with E-state index in [1.807, 2.05) is 6.92 Å². The van der Waals surface area contributed by atoms with Crippen LogP contribution in [0, 0.1) is 6.92 Å². The summed E-state index contributed by atoms with van der Waals surface area (Å²) in [6.07, 6.45) is 1.25. The Kier molecular flexibility index (Phi) is 6.39. The van der Waals surface area contributed by atoms with Gasteiger partial charge >= 0.3 is 0 Å². The highest BCUT2D eigenvalue weighted by atomic mass is 32.2. The molecule has 0 radical (unpaired) electrons. The number of rotatable bonds is 7. The maximum Gasteiger partial charge on any atom is 0.296 e. The van der Waals surface area contributed by atoms with E-state index in [1.54, 1.807) is 0 Å². The second-order valence-corrected chi connectivity index (χ2v) is 7.64. The van der Waals surface area contributed by atoms with E-state index >= 15 is 0 Å². The topological polar surface area (TPSA) is 190 Å². The van der Waals surface area contributed by atoms with Crippen molar-refractivity contribution in [1.29, 1.82) is 0 Å². The van der Waals surface area contributed by atoms with E-state index < -0.39 is 32.4 Å². The van der Waals surface area contributed by atoms with E-state index in [4.69, 9.17) is 11.5 Å². The summed E-state index contributed by atoms with van der Waals surface area (Å²) in [5.41, 5.74) is 9.43. The van der Waals surface area contributed by atoms with Gasteiger partial charge in [-0.05, 0) is 31.5 Å². The molecule has 156 valence electrons. The molecule has 0 atom stereocenters. The highest BCUT2D eigenvalue weighted by molar-refractivity contribution is 7.86. The van der Waals surface area contributed by atoms with Gasteiger partial charge in [0, 0.05) is 17.8 Å². The molecule has 0 saturated carbocycles. The van der Waals surface area contributed by atoms with Crippen LogP contribution >= 0.6 is 0 Å². The molecule has 1 amide bonds. The Labute approximate surface area is 166 Å². The van der Waals surface area contributed by atoms with Gasteiger partial charge in [-0.1, -0.05) is 13.3 Å². The molecule has 1 aromatic carbocycles. The summed E-state index contributed by atoms with van der Waals surface area (Å²) in [4.78, 5) is 24.0. The number of aromatic nitrogens is 1. The number of hydrogen-bond donors (Lipinski definition) is 4. The van der Waals surface area contributed by atoms with Gasteiger partial charge in [-0.2, -0.15) is 8.42 Å². The average Bonchev–Trinajstić information content (AvgIpc) is 2.60. The van der Waals surface area contributed by atoms with Gasteiger partial charge in [0.1, 0.15) is 16.1 Å². The van der Waals surface area contributed by atoms with Crippen molar-refractivity contribution < 1.29 is 22.9 Å². The predicted molar refractivity (Wildman–Crippen MR) is 105 cm³/mol. The number of carbonyl (C=O) groups excluding carboxylic acids is 1. The van der Waals surface area contributed by atoms with Gasteiger partial charge < -0.3 is 16.6 Å². The Hall–Kier alpha value is -3.25. The summed E-state index contributed by atoms with van der Waals surface area (Å²) in [6.45, 7) is 3.34. The summed E-state index contributed by atoms with van der Waals surface area (Å²) in [5, 5.41) is 17.8. The van der Waals surface area contributed by atoms with Crippen molar-refractivity contribution in [2.75, 3.05) is 5.73 Å². The van der Waals surface area contributed by atoms with Crippen LogP contribution in [0.15, 0.2) is 38.1 Å². The largest absolute Gasteiger partial charge is 0.494 e. The molecule has 0 bridgehead atoms. The third-order valence-electron chi connectivity index (χ3n) is 4.16. The van der Waals surface area contributed by atoms with Gasteiger partial charge in [0.25, 0.3) is 21.6 Å². The average molecular weight is 423 g/mol. The minimum atomic E-state index is -4.63. The maximum absolute atomic E-state index is 12.8. The Morgan fingerprint density at radius 2 is 1.93 bits per heavy atom. The molecule has 0 aliphatic carbocycles. The zero-order chi connectivity index (χ0) is 21.9. The fourth-order valence-electron chi connectivity index (χ4n) is 2.68. The number of azo groups is 1. The number of pyridine rings is 1. The van der Waals surface area contributed by atoms with E-state index in [9.17, 15) is 27.7 Å². The van der Waals surface area contributed by atoms with E-state index in [2.05, 4.69) is 10.2 Å². The lowest BCUT2D eigenvalue weighted by molar-refractivity contribution is 0.0995. The Bertz CT molecular complexity index is 1150. The van der Waals surface area contributed by atoms with Crippen molar-refractivity contribution >= 4 is 33.1 Å². The minimum Gasteiger partial charge on any atom is -0.494 e. The molecule has 1 heterocycles. The highest BCUT2D eigenvalue weighted by Gasteiger charge is 2.23. The third kappa shape index (κ3) is 4.60. The van der Waals surface area contributed by atoms with Crippen molar-refractivity contribution in [3.8, 4) is 5.88 Å². The van der Waals surface area contributed by atoms with Crippen LogP contribution in [0.3, 0.4) is 0 Å². The monoisotopic (exact) mass is 423 g/mol. The standard InChI is InChI=1S/C17H21N5O6S/c1-3-4-7-22-16(24)13(15(19)23)9(2)14(17(22)25)21-20-11-8-10(18)5-6-12(11)29(26,27)28/h5-6,8,24H,3-4,7,18H2,1-2H3,(H2,19,23)(H,26,27,28). The summed E-state index contributed by atoms with van der Waals surface area (Å²) in [5.74, 6) is -1.54. The van der Waals surface area contributed by atoms with Gasteiger partial charge in [-0.25, -0.2) is 0 Å². The second kappa shape index (κ2) is 8.41. The van der Waals surface area contributed by atoms with E-state index in [0.717, 1.165) is 16.7 Å². The van der Waals surface area contributed by atoms with Crippen LogP contribution in [0.25, 0.3) is 0 Å². The van der Waals surface area contributed by atoms with Gasteiger partial charge in [-0.3, -0.25) is 18.7 Å². The molecule has 1 aromatic heterocycles. The molecule has 12 heteroatoms. The molecular weight excluding hydrogens is 402 g/mol. The highest BCUT2D eigenvalue weighted by Crippen LogP contribution is 2.30. The van der Waals surface area contributed by atoms with Crippen molar-refractivity contribution in [3.63, 3.8) is 0 Å². The summed E-state index contributed by atoms with van der Waals surface area (Å²) >= 11 is 0. The zero-order valence-corrected chi connectivity index (χ0v) is 16.6. The van der Waals surface area contributed by atoms with E-state index in [1.165, 1.54) is 13.0 Å². The van der Waals surface area contributed by atoms with Gasteiger partial charge in [-0.15, -0.1) is 10.2 Å². The number of unbranched alkanes of at least 4 members (excludes halogenated alkanes) is 1. The molecule has 29 heavy (non-hydrogen) atoms. The minimum absolute atomic E-state index is 0.0196. The number of nitrogens with two attached hydrogens (primary N) is 2. The van der Waals surface area contributed by atoms with Gasteiger partial charge in [0.2, 0.25) is 5.88 Å². The molecule has 0 aliphatic rings. The van der Waals surface area contributed by atoms with Crippen molar-refractivity contribution in [2.24, 2.45) is 16.0 Å². The number of hydrogen-bond acceptors (Lipinski definition) is 8. The number of primary amides is 1. The van der Waals surface area contributed by atoms with Crippen LogP contribution in [0.1, 0.15) is 35.7 Å². The first kappa shape index (κ1) is 22.0. The number of aromatic hydroxyl groups is 1. The SMILES string of the molecule is CCCCn1c(O)c(C(N)=O)c(C)c(N=Nc2cc(N)ccc2S(=O)(=O)O)c1=O. The molecular formula is C17H21N5O6S. The lowest BCUT2D eigenvalue weighted by atomic mass is 10.1. The van der Waals surface area contributed by atoms with Crippen molar-refractivity contribution in [1.82, 2.24) is 4.57 Å². The van der Waals surface area contributed by atoms with Crippen LogP contribution in [-0.2, 0) is 16.7 Å². The van der Waals surface area contributed by atoms with Gasteiger partial charge in [0.15, 0.2) is 5.69 Å². The second-order valence-electron chi connectivity index (χ2n) is 6.25. The molecule has 0 spiro atoms. The normalized spacial score (nSPS) is 11.8. The molecule has 0 saturated heterocycles. The fraction of sp³-hybridized carbons (Fsp3) is 0.294. The smallest absolute Gasteiger partial charge is 0.296 e.